The first kappa shape index (κ1) is 13.1. The highest BCUT2D eigenvalue weighted by Crippen LogP contribution is 2.36. The Balaban J connectivity index is 2.97. The largest absolute Gasteiger partial charge is 0.493 e. The lowest BCUT2D eigenvalue weighted by Gasteiger charge is -2.14. The first-order chi connectivity index (χ1) is 7.58. The zero-order valence-electron chi connectivity index (χ0n) is 9.24. The average Bonchev–Trinajstić information content (AvgIpc) is 2.26. The standard InChI is InChI=1S/C11H15ClO4/c1-7(14)6-16-11-9(12)3-8(5-13)4-10(11)15-2/h3-4,7,13-14H,5-6H2,1-2H3. The molecule has 0 spiro atoms. The molecule has 0 aliphatic heterocycles. The predicted octanol–water partition coefficient (Wildman–Crippen LogP) is 1.60. The van der Waals surface area contributed by atoms with Crippen LogP contribution in [0, 0.1) is 0 Å². The molecule has 0 bridgehead atoms. The number of benzene rings is 1. The molecule has 2 N–H and O–H groups in total. The van der Waals surface area contributed by atoms with E-state index in [0.29, 0.717) is 22.1 Å². The molecule has 1 atom stereocenters. The highest BCUT2D eigenvalue weighted by atomic mass is 35.5. The highest BCUT2D eigenvalue weighted by Gasteiger charge is 2.12. The first-order valence-corrected chi connectivity index (χ1v) is 5.24. The minimum atomic E-state index is -0.585. The lowest BCUT2D eigenvalue weighted by Crippen LogP contribution is -2.13. The molecule has 0 saturated carbocycles. The van der Waals surface area contributed by atoms with Gasteiger partial charge >= 0.3 is 0 Å². The first-order valence-electron chi connectivity index (χ1n) is 4.86. The summed E-state index contributed by atoms with van der Waals surface area (Å²) in [4.78, 5) is 0. The zero-order chi connectivity index (χ0) is 12.1. The van der Waals surface area contributed by atoms with E-state index in [1.165, 1.54) is 7.11 Å². The molecule has 4 nitrogen and oxygen atoms in total. The summed E-state index contributed by atoms with van der Waals surface area (Å²) in [7, 11) is 1.49. The molecule has 1 aromatic rings. The fraction of sp³-hybridized carbons (Fsp3) is 0.455. The summed E-state index contributed by atoms with van der Waals surface area (Å²) in [5, 5.41) is 18.5. The normalized spacial score (nSPS) is 12.3. The van der Waals surface area contributed by atoms with Gasteiger partial charge in [-0.05, 0) is 24.6 Å². The third kappa shape index (κ3) is 3.27. The molecule has 1 aromatic carbocycles. The molecule has 1 unspecified atom stereocenters. The quantitative estimate of drug-likeness (QED) is 0.829. The Morgan fingerprint density at radius 3 is 2.62 bits per heavy atom. The third-order valence-corrected chi connectivity index (χ3v) is 2.22. The Labute approximate surface area is 99.4 Å². The number of aliphatic hydroxyl groups is 2. The maximum Gasteiger partial charge on any atom is 0.179 e. The summed E-state index contributed by atoms with van der Waals surface area (Å²) in [6, 6.07) is 3.24. The van der Waals surface area contributed by atoms with E-state index in [2.05, 4.69) is 0 Å². The molecule has 90 valence electrons. The van der Waals surface area contributed by atoms with Gasteiger partial charge in [0, 0.05) is 0 Å². The van der Waals surface area contributed by atoms with Crippen LogP contribution in [0.25, 0.3) is 0 Å². The predicted molar refractivity (Wildman–Crippen MR) is 61.1 cm³/mol. The Morgan fingerprint density at radius 1 is 1.44 bits per heavy atom. The molecule has 0 saturated heterocycles. The molecule has 0 aliphatic carbocycles. The van der Waals surface area contributed by atoms with Gasteiger partial charge in [0.1, 0.15) is 6.61 Å². The molecule has 1 rings (SSSR count). The van der Waals surface area contributed by atoms with E-state index >= 15 is 0 Å². The van der Waals surface area contributed by atoms with Crippen molar-refractivity contribution < 1.29 is 19.7 Å². The van der Waals surface area contributed by atoms with E-state index in [9.17, 15) is 0 Å². The Bertz CT molecular complexity index is 352. The van der Waals surface area contributed by atoms with E-state index in [1.807, 2.05) is 0 Å². The van der Waals surface area contributed by atoms with E-state index in [0.717, 1.165) is 0 Å². The maximum absolute atomic E-state index is 9.12. The van der Waals surface area contributed by atoms with Crippen LogP contribution in [0.15, 0.2) is 12.1 Å². The van der Waals surface area contributed by atoms with Crippen LogP contribution in [0.4, 0.5) is 0 Å². The second-order valence-electron chi connectivity index (χ2n) is 3.43. The van der Waals surface area contributed by atoms with Gasteiger partial charge in [0.25, 0.3) is 0 Å². The molecular weight excluding hydrogens is 232 g/mol. The number of halogens is 1. The lowest BCUT2D eigenvalue weighted by atomic mass is 10.2. The fourth-order valence-electron chi connectivity index (χ4n) is 1.21. The van der Waals surface area contributed by atoms with Gasteiger partial charge in [0.05, 0.1) is 24.8 Å². The Kier molecular flexibility index (Phi) is 4.86. The van der Waals surface area contributed by atoms with Gasteiger partial charge in [-0.2, -0.15) is 0 Å². The van der Waals surface area contributed by atoms with Crippen molar-refractivity contribution in [2.45, 2.75) is 19.6 Å². The topological polar surface area (TPSA) is 58.9 Å². The molecule has 16 heavy (non-hydrogen) atoms. The molecule has 0 heterocycles. The summed E-state index contributed by atoms with van der Waals surface area (Å²) < 4.78 is 10.4. The van der Waals surface area contributed by atoms with Crippen LogP contribution < -0.4 is 9.47 Å². The third-order valence-electron chi connectivity index (χ3n) is 1.94. The lowest BCUT2D eigenvalue weighted by molar-refractivity contribution is 0.120. The van der Waals surface area contributed by atoms with Gasteiger partial charge in [-0.3, -0.25) is 0 Å². The molecular formula is C11H15ClO4. The summed E-state index contributed by atoms with van der Waals surface area (Å²) in [6.45, 7) is 1.63. The van der Waals surface area contributed by atoms with Crippen LogP contribution in [-0.2, 0) is 6.61 Å². The minimum absolute atomic E-state index is 0.118. The van der Waals surface area contributed by atoms with Gasteiger partial charge in [-0.1, -0.05) is 11.6 Å². The van der Waals surface area contributed by atoms with Crippen LogP contribution in [-0.4, -0.2) is 30.0 Å². The van der Waals surface area contributed by atoms with Gasteiger partial charge in [0.2, 0.25) is 0 Å². The summed E-state index contributed by atoms with van der Waals surface area (Å²) in [5.74, 6) is 0.819. The van der Waals surface area contributed by atoms with Gasteiger partial charge in [-0.25, -0.2) is 0 Å². The van der Waals surface area contributed by atoms with Gasteiger partial charge in [0.15, 0.2) is 11.5 Å². The second kappa shape index (κ2) is 5.94. The summed E-state index contributed by atoms with van der Waals surface area (Å²) in [6.07, 6.45) is -0.585. The van der Waals surface area contributed by atoms with E-state index < -0.39 is 6.10 Å². The summed E-state index contributed by atoms with van der Waals surface area (Å²) >= 11 is 5.98. The summed E-state index contributed by atoms with van der Waals surface area (Å²) in [5.41, 5.74) is 0.645. The molecule has 0 fully saturated rings. The SMILES string of the molecule is COc1cc(CO)cc(Cl)c1OCC(C)O. The van der Waals surface area contributed by atoms with E-state index in [-0.39, 0.29) is 13.2 Å². The molecule has 0 aliphatic rings. The van der Waals surface area contributed by atoms with Crippen LogP contribution in [0.5, 0.6) is 11.5 Å². The average molecular weight is 247 g/mol. The molecule has 0 amide bonds. The molecule has 5 heteroatoms. The van der Waals surface area contributed by atoms with Crippen LogP contribution >= 0.6 is 11.6 Å². The Morgan fingerprint density at radius 2 is 2.12 bits per heavy atom. The number of methoxy groups -OCH3 is 1. The van der Waals surface area contributed by atoms with Crippen molar-refractivity contribution in [1.82, 2.24) is 0 Å². The number of aliphatic hydroxyl groups excluding tert-OH is 2. The van der Waals surface area contributed by atoms with Crippen molar-refractivity contribution in [3.8, 4) is 11.5 Å². The van der Waals surface area contributed by atoms with Gasteiger partial charge in [-0.15, -0.1) is 0 Å². The molecule has 0 aromatic heterocycles. The van der Waals surface area contributed by atoms with Crippen molar-refractivity contribution in [2.75, 3.05) is 13.7 Å². The van der Waals surface area contributed by atoms with Crippen molar-refractivity contribution in [3.63, 3.8) is 0 Å². The van der Waals surface area contributed by atoms with Crippen LogP contribution in [0.3, 0.4) is 0 Å². The molecule has 0 radical (unpaired) electrons. The van der Waals surface area contributed by atoms with Crippen LogP contribution in [0.1, 0.15) is 12.5 Å². The monoisotopic (exact) mass is 246 g/mol. The minimum Gasteiger partial charge on any atom is -0.493 e. The smallest absolute Gasteiger partial charge is 0.179 e. The zero-order valence-corrected chi connectivity index (χ0v) is 9.99. The van der Waals surface area contributed by atoms with Crippen LogP contribution in [0.2, 0.25) is 5.02 Å². The van der Waals surface area contributed by atoms with E-state index in [1.54, 1.807) is 19.1 Å². The van der Waals surface area contributed by atoms with E-state index in [4.69, 9.17) is 31.3 Å². The number of ether oxygens (including phenoxy) is 2. The van der Waals surface area contributed by atoms with Crippen molar-refractivity contribution in [1.29, 1.82) is 0 Å². The fourth-order valence-corrected chi connectivity index (χ4v) is 1.50. The van der Waals surface area contributed by atoms with Gasteiger partial charge < -0.3 is 19.7 Å². The number of hydrogen-bond donors (Lipinski definition) is 2. The highest BCUT2D eigenvalue weighted by molar-refractivity contribution is 6.32. The van der Waals surface area contributed by atoms with Crippen molar-refractivity contribution >= 4 is 11.6 Å². The maximum atomic E-state index is 9.12. The van der Waals surface area contributed by atoms with Crippen molar-refractivity contribution in [3.05, 3.63) is 22.7 Å². The Hall–Kier alpha value is -0.970. The second-order valence-corrected chi connectivity index (χ2v) is 3.83. The van der Waals surface area contributed by atoms with Crippen molar-refractivity contribution in [2.24, 2.45) is 0 Å². The number of rotatable bonds is 5. The number of hydrogen-bond acceptors (Lipinski definition) is 4.